The lowest BCUT2D eigenvalue weighted by Crippen LogP contribution is -2.22. The van der Waals surface area contributed by atoms with Gasteiger partial charge in [-0.2, -0.15) is 5.10 Å². The van der Waals surface area contributed by atoms with Crippen LogP contribution in [-0.2, 0) is 13.1 Å². The van der Waals surface area contributed by atoms with Crippen LogP contribution in [-0.4, -0.2) is 22.5 Å². The fourth-order valence-electron chi connectivity index (χ4n) is 2.71. The molecule has 0 unspecified atom stereocenters. The van der Waals surface area contributed by atoms with Gasteiger partial charge in [-0.3, -0.25) is 9.48 Å². The lowest BCUT2D eigenvalue weighted by Gasteiger charge is -2.07. The number of halogens is 1. The van der Waals surface area contributed by atoms with Crippen LogP contribution < -0.4 is 14.8 Å². The van der Waals surface area contributed by atoms with E-state index >= 15 is 0 Å². The summed E-state index contributed by atoms with van der Waals surface area (Å²) in [6, 6.07) is 13.2. The highest BCUT2D eigenvalue weighted by atomic mass is 79.9. The molecular weight excluding hydrogens is 398 g/mol. The van der Waals surface area contributed by atoms with Gasteiger partial charge in [0.2, 0.25) is 6.79 Å². The van der Waals surface area contributed by atoms with Crippen LogP contribution >= 0.6 is 15.9 Å². The summed E-state index contributed by atoms with van der Waals surface area (Å²) in [6.45, 7) is 1.33. The fraction of sp³-hybridized carbons (Fsp3) is 0.158. The zero-order valence-electron chi connectivity index (χ0n) is 13.8. The Morgan fingerprint density at radius 2 is 1.88 bits per heavy atom. The minimum absolute atomic E-state index is 0.115. The van der Waals surface area contributed by atoms with Crippen LogP contribution in [0.5, 0.6) is 11.5 Å². The summed E-state index contributed by atoms with van der Waals surface area (Å²) >= 11 is 3.38. The average molecular weight is 414 g/mol. The van der Waals surface area contributed by atoms with Crippen molar-refractivity contribution < 1.29 is 14.3 Å². The van der Waals surface area contributed by atoms with E-state index in [1.165, 1.54) is 0 Å². The number of amides is 1. The molecular formula is C19H16BrN3O3. The second-order valence-electron chi connectivity index (χ2n) is 5.92. The molecule has 26 heavy (non-hydrogen) atoms. The molecule has 3 aromatic rings. The fourth-order valence-corrected chi connectivity index (χ4v) is 3.04. The minimum Gasteiger partial charge on any atom is -0.454 e. The maximum atomic E-state index is 12.3. The second-order valence-corrected chi connectivity index (χ2v) is 6.84. The van der Waals surface area contributed by atoms with Crippen molar-refractivity contribution in [2.75, 3.05) is 6.79 Å². The van der Waals surface area contributed by atoms with Gasteiger partial charge in [0.15, 0.2) is 11.5 Å². The van der Waals surface area contributed by atoms with Crippen LogP contribution in [0.3, 0.4) is 0 Å². The number of rotatable bonds is 5. The van der Waals surface area contributed by atoms with E-state index < -0.39 is 0 Å². The Bertz CT molecular complexity index is 937. The summed E-state index contributed by atoms with van der Waals surface area (Å²) in [6.07, 6.45) is 3.66. The lowest BCUT2D eigenvalue weighted by atomic mass is 10.1. The van der Waals surface area contributed by atoms with E-state index in [0.717, 1.165) is 21.3 Å². The molecule has 2 heterocycles. The normalized spacial score (nSPS) is 12.2. The first kappa shape index (κ1) is 16.7. The smallest absolute Gasteiger partial charge is 0.251 e. The van der Waals surface area contributed by atoms with Gasteiger partial charge in [-0.1, -0.05) is 18.2 Å². The molecule has 1 aliphatic heterocycles. The molecule has 7 heteroatoms. The van der Waals surface area contributed by atoms with E-state index in [0.29, 0.717) is 24.4 Å². The third kappa shape index (κ3) is 3.72. The molecule has 0 atom stereocenters. The van der Waals surface area contributed by atoms with Crippen LogP contribution in [0.15, 0.2) is 59.3 Å². The molecule has 2 aromatic carbocycles. The summed E-state index contributed by atoms with van der Waals surface area (Å²) in [4.78, 5) is 12.3. The van der Waals surface area contributed by atoms with Gasteiger partial charge >= 0.3 is 0 Å². The summed E-state index contributed by atoms with van der Waals surface area (Å²) in [5.41, 5.74) is 2.66. The van der Waals surface area contributed by atoms with Crippen molar-refractivity contribution in [3.8, 4) is 11.5 Å². The summed E-state index contributed by atoms with van der Waals surface area (Å²) in [7, 11) is 0. The zero-order valence-corrected chi connectivity index (χ0v) is 15.4. The van der Waals surface area contributed by atoms with Gasteiger partial charge in [0, 0.05) is 18.3 Å². The third-order valence-corrected chi connectivity index (χ3v) is 4.46. The van der Waals surface area contributed by atoms with Gasteiger partial charge in [-0.25, -0.2) is 0 Å². The number of carbonyl (C=O) groups excluding carboxylic acids is 1. The average Bonchev–Trinajstić information content (AvgIpc) is 3.28. The molecule has 0 fully saturated rings. The maximum absolute atomic E-state index is 12.3. The standard InChI is InChI=1S/C19H16BrN3O3/c20-16-9-22-23(11-16)10-13-1-4-15(5-2-13)19(24)21-8-14-3-6-17-18(7-14)26-12-25-17/h1-7,9,11H,8,10,12H2,(H,21,24). The Hall–Kier alpha value is -2.80. The molecule has 0 saturated heterocycles. The molecule has 0 saturated carbocycles. The van der Waals surface area contributed by atoms with Gasteiger partial charge < -0.3 is 14.8 Å². The van der Waals surface area contributed by atoms with Crippen molar-refractivity contribution >= 4 is 21.8 Å². The Kier molecular flexibility index (Phi) is 4.62. The lowest BCUT2D eigenvalue weighted by molar-refractivity contribution is 0.0951. The van der Waals surface area contributed by atoms with Crippen molar-refractivity contribution in [3.63, 3.8) is 0 Å². The third-order valence-electron chi connectivity index (χ3n) is 4.05. The van der Waals surface area contributed by atoms with Gasteiger partial charge in [-0.05, 0) is 51.3 Å². The Labute approximate surface area is 158 Å². The van der Waals surface area contributed by atoms with Crippen molar-refractivity contribution in [2.24, 2.45) is 0 Å². The first-order valence-corrected chi connectivity index (χ1v) is 8.90. The van der Waals surface area contributed by atoms with E-state index in [-0.39, 0.29) is 12.7 Å². The number of carbonyl (C=O) groups is 1. The Morgan fingerprint density at radius 1 is 1.12 bits per heavy atom. The topological polar surface area (TPSA) is 65.4 Å². The molecule has 1 aromatic heterocycles. The van der Waals surface area contributed by atoms with E-state index in [2.05, 4.69) is 26.3 Å². The van der Waals surface area contributed by atoms with E-state index in [1.807, 2.05) is 53.3 Å². The SMILES string of the molecule is O=C(NCc1ccc2c(c1)OCO2)c1ccc(Cn2cc(Br)cn2)cc1. The predicted molar refractivity (Wildman–Crippen MR) is 99.2 cm³/mol. The minimum atomic E-state index is -0.115. The van der Waals surface area contributed by atoms with E-state index in [1.54, 1.807) is 6.20 Å². The van der Waals surface area contributed by atoms with Crippen LogP contribution in [0.2, 0.25) is 0 Å². The Balaban J connectivity index is 1.35. The van der Waals surface area contributed by atoms with Crippen molar-refractivity contribution in [2.45, 2.75) is 13.1 Å². The quantitative estimate of drug-likeness (QED) is 0.696. The van der Waals surface area contributed by atoms with E-state index in [9.17, 15) is 4.79 Å². The number of aromatic nitrogens is 2. The molecule has 0 radical (unpaired) electrons. The number of fused-ring (bicyclic) bond motifs is 1. The second kappa shape index (κ2) is 7.21. The first-order chi connectivity index (χ1) is 12.7. The van der Waals surface area contributed by atoms with Crippen molar-refractivity contribution in [3.05, 3.63) is 76.0 Å². The van der Waals surface area contributed by atoms with Crippen LogP contribution in [0, 0.1) is 0 Å². The molecule has 6 nitrogen and oxygen atoms in total. The summed E-state index contributed by atoms with van der Waals surface area (Å²) in [5, 5.41) is 7.15. The molecule has 0 aliphatic carbocycles. The number of ether oxygens (including phenoxy) is 2. The highest BCUT2D eigenvalue weighted by molar-refractivity contribution is 9.10. The first-order valence-electron chi connectivity index (χ1n) is 8.11. The molecule has 1 amide bonds. The molecule has 132 valence electrons. The largest absolute Gasteiger partial charge is 0.454 e. The monoisotopic (exact) mass is 413 g/mol. The number of benzene rings is 2. The van der Waals surface area contributed by atoms with Crippen molar-refractivity contribution in [1.29, 1.82) is 0 Å². The van der Waals surface area contributed by atoms with Gasteiger partial charge in [-0.15, -0.1) is 0 Å². The molecule has 4 rings (SSSR count). The summed E-state index contributed by atoms with van der Waals surface area (Å²) < 4.78 is 13.4. The van der Waals surface area contributed by atoms with Crippen molar-refractivity contribution in [1.82, 2.24) is 15.1 Å². The molecule has 1 aliphatic rings. The van der Waals surface area contributed by atoms with Gasteiger partial charge in [0.05, 0.1) is 17.2 Å². The maximum Gasteiger partial charge on any atom is 0.251 e. The Morgan fingerprint density at radius 3 is 2.65 bits per heavy atom. The predicted octanol–water partition coefficient (Wildman–Crippen LogP) is 3.35. The highest BCUT2D eigenvalue weighted by Gasteiger charge is 2.13. The zero-order chi connectivity index (χ0) is 17.9. The number of hydrogen-bond acceptors (Lipinski definition) is 4. The number of nitrogens with one attached hydrogen (secondary N) is 1. The molecule has 0 bridgehead atoms. The van der Waals surface area contributed by atoms with Crippen LogP contribution in [0.25, 0.3) is 0 Å². The van der Waals surface area contributed by atoms with Crippen LogP contribution in [0.1, 0.15) is 21.5 Å². The van der Waals surface area contributed by atoms with E-state index in [4.69, 9.17) is 9.47 Å². The number of hydrogen-bond donors (Lipinski definition) is 1. The van der Waals surface area contributed by atoms with Gasteiger partial charge in [0.1, 0.15) is 0 Å². The molecule has 1 N–H and O–H groups in total. The molecule has 0 spiro atoms. The summed E-state index contributed by atoms with van der Waals surface area (Å²) in [5.74, 6) is 1.34. The van der Waals surface area contributed by atoms with Gasteiger partial charge in [0.25, 0.3) is 5.91 Å². The number of nitrogens with zero attached hydrogens (tertiary/aromatic N) is 2. The highest BCUT2D eigenvalue weighted by Crippen LogP contribution is 2.32. The van der Waals surface area contributed by atoms with Crippen LogP contribution in [0.4, 0.5) is 0 Å².